The maximum absolute atomic E-state index is 12.2. The number of rotatable bonds is 8. The summed E-state index contributed by atoms with van der Waals surface area (Å²) in [6.07, 6.45) is -5.32. The van der Waals surface area contributed by atoms with E-state index in [0.717, 1.165) is 5.75 Å². The molecule has 2 N–H and O–H groups in total. The van der Waals surface area contributed by atoms with Gasteiger partial charge in [0, 0.05) is 13.1 Å². The Labute approximate surface area is 163 Å². The molecule has 0 aliphatic carbocycles. The van der Waals surface area contributed by atoms with Gasteiger partial charge in [-0.05, 0) is 38.1 Å². The van der Waals surface area contributed by atoms with E-state index in [9.17, 15) is 13.2 Å². The molecule has 0 spiro atoms. The smallest absolute Gasteiger partial charge is 0.390 e. The number of hydrogen-bond acceptors (Lipinski definition) is 3. The quantitative estimate of drug-likeness (QED) is 0.343. The average molecular weight is 475 g/mol. The summed E-state index contributed by atoms with van der Waals surface area (Å²) >= 11 is 0. The van der Waals surface area contributed by atoms with Crippen molar-refractivity contribution < 1.29 is 22.6 Å². The van der Waals surface area contributed by atoms with E-state index >= 15 is 0 Å². The van der Waals surface area contributed by atoms with E-state index in [1.54, 1.807) is 31.4 Å². The molecule has 0 aliphatic rings. The maximum atomic E-state index is 12.2. The molecule has 9 heteroatoms. The molecule has 0 amide bonds. The van der Waals surface area contributed by atoms with E-state index in [1.165, 1.54) is 0 Å². The lowest BCUT2D eigenvalue weighted by Crippen LogP contribution is -2.39. The van der Waals surface area contributed by atoms with Gasteiger partial charge in [-0.2, -0.15) is 13.2 Å². The van der Waals surface area contributed by atoms with Crippen LogP contribution in [0.25, 0.3) is 0 Å². The Morgan fingerprint density at radius 2 is 1.76 bits per heavy atom. The van der Waals surface area contributed by atoms with Crippen LogP contribution in [-0.2, 0) is 0 Å². The summed E-state index contributed by atoms with van der Waals surface area (Å²) in [5, 5.41) is 5.56. The fourth-order valence-electron chi connectivity index (χ4n) is 1.81. The average Bonchev–Trinajstić information content (AvgIpc) is 2.52. The molecule has 1 rings (SSSR count). The fraction of sp³-hybridized carbons (Fsp3) is 0.562. The number of guanidine groups is 1. The lowest BCUT2D eigenvalue weighted by molar-refractivity contribution is -0.132. The summed E-state index contributed by atoms with van der Waals surface area (Å²) in [6.45, 7) is 4.34. The zero-order valence-electron chi connectivity index (χ0n) is 14.5. The molecular formula is C16H25F3IN3O2. The number of aliphatic imine (C=N–C) groups is 1. The minimum absolute atomic E-state index is 0. The monoisotopic (exact) mass is 475 g/mol. The van der Waals surface area contributed by atoms with Crippen molar-refractivity contribution in [3.63, 3.8) is 0 Å². The SMILES string of the molecule is CCNC(=NCC(C)Oc1ccc(OC)cc1)NCCC(F)(F)F.I. The van der Waals surface area contributed by atoms with Gasteiger partial charge in [0.1, 0.15) is 17.6 Å². The van der Waals surface area contributed by atoms with Crippen LogP contribution in [0.3, 0.4) is 0 Å². The molecule has 25 heavy (non-hydrogen) atoms. The molecule has 0 radical (unpaired) electrons. The van der Waals surface area contributed by atoms with Crippen LogP contribution in [0.5, 0.6) is 11.5 Å². The van der Waals surface area contributed by atoms with E-state index in [2.05, 4.69) is 15.6 Å². The summed E-state index contributed by atoms with van der Waals surface area (Å²) in [7, 11) is 1.58. The fourth-order valence-corrected chi connectivity index (χ4v) is 1.81. The van der Waals surface area contributed by atoms with E-state index in [-0.39, 0.29) is 36.6 Å². The first-order chi connectivity index (χ1) is 11.3. The molecule has 0 aromatic heterocycles. The Hall–Kier alpha value is -1.39. The van der Waals surface area contributed by atoms with Crippen LogP contribution in [-0.4, -0.2) is 45.0 Å². The number of hydrogen-bond donors (Lipinski definition) is 2. The van der Waals surface area contributed by atoms with Crippen LogP contribution in [0.2, 0.25) is 0 Å². The number of halogens is 4. The van der Waals surface area contributed by atoms with Gasteiger partial charge in [-0.3, -0.25) is 0 Å². The predicted octanol–water partition coefficient (Wildman–Crippen LogP) is 3.59. The number of methoxy groups -OCH3 is 1. The minimum Gasteiger partial charge on any atom is -0.497 e. The molecular weight excluding hydrogens is 450 g/mol. The van der Waals surface area contributed by atoms with Gasteiger partial charge < -0.3 is 20.1 Å². The van der Waals surface area contributed by atoms with E-state index in [0.29, 0.717) is 24.8 Å². The van der Waals surface area contributed by atoms with Crippen molar-refractivity contribution in [3.8, 4) is 11.5 Å². The van der Waals surface area contributed by atoms with E-state index in [1.807, 2.05) is 13.8 Å². The lowest BCUT2D eigenvalue weighted by atomic mass is 10.3. The molecule has 0 saturated heterocycles. The molecule has 0 fully saturated rings. The van der Waals surface area contributed by atoms with Gasteiger partial charge in [0.15, 0.2) is 5.96 Å². The van der Waals surface area contributed by atoms with Crippen LogP contribution < -0.4 is 20.1 Å². The standard InChI is InChI=1S/C16H24F3N3O2.HI/c1-4-20-15(21-10-9-16(17,18)19)22-11-12(2)24-14-7-5-13(23-3)6-8-14;/h5-8,12H,4,9-11H2,1-3H3,(H2,20,21,22);1H. The van der Waals surface area contributed by atoms with E-state index in [4.69, 9.17) is 9.47 Å². The molecule has 1 atom stereocenters. The van der Waals surface area contributed by atoms with Gasteiger partial charge in [-0.15, -0.1) is 24.0 Å². The summed E-state index contributed by atoms with van der Waals surface area (Å²) in [5.41, 5.74) is 0. The normalized spacial score (nSPS) is 12.8. The van der Waals surface area contributed by atoms with Crippen LogP contribution in [0.15, 0.2) is 29.3 Å². The van der Waals surface area contributed by atoms with E-state index < -0.39 is 12.6 Å². The predicted molar refractivity (Wildman–Crippen MR) is 103 cm³/mol. The maximum Gasteiger partial charge on any atom is 0.390 e. The highest BCUT2D eigenvalue weighted by molar-refractivity contribution is 14.0. The zero-order chi connectivity index (χ0) is 18.0. The molecule has 0 bridgehead atoms. The lowest BCUT2D eigenvalue weighted by Gasteiger charge is -2.15. The third-order valence-electron chi connectivity index (χ3n) is 2.95. The van der Waals surface area contributed by atoms with Crippen LogP contribution in [0.1, 0.15) is 20.3 Å². The van der Waals surface area contributed by atoms with Gasteiger partial charge in [-0.25, -0.2) is 4.99 Å². The van der Waals surface area contributed by atoms with Gasteiger partial charge in [0.2, 0.25) is 0 Å². The Morgan fingerprint density at radius 3 is 2.28 bits per heavy atom. The largest absolute Gasteiger partial charge is 0.497 e. The van der Waals surface area contributed by atoms with Crippen LogP contribution >= 0.6 is 24.0 Å². The summed E-state index contributed by atoms with van der Waals surface area (Å²) < 4.78 is 47.3. The first-order valence-corrected chi connectivity index (χ1v) is 7.73. The van der Waals surface area contributed by atoms with Gasteiger partial charge in [-0.1, -0.05) is 0 Å². The highest BCUT2D eigenvalue weighted by atomic mass is 127. The summed E-state index contributed by atoms with van der Waals surface area (Å²) in [4.78, 5) is 4.24. The zero-order valence-corrected chi connectivity index (χ0v) is 16.9. The molecule has 0 heterocycles. The second kappa shape index (κ2) is 12.0. The summed E-state index contributed by atoms with van der Waals surface area (Å²) in [5.74, 6) is 1.75. The Kier molecular flexibility index (Phi) is 11.4. The van der Waals surface area contributed by atoms with Crippen molar-refractivity contribution in [2.75, 3.05) is 26.7 Å². The van der Waals surface area contributed by atoms with Crippen molar-refractivity contribution in [3.05, 3.63) is 24.3 Å². The topological polar surface area (TPSA) is 54.9 Å². The second-order valence-corrected chi connectivity index (χ2v) is 5.12. The molecule has 1 unspecified atom stereocenters. The van der Waals surface area contributed by atoms with Crippen LogP contribution in [0, 0.1) is 0 Å². The van der Waals surface area contributed by atoms with Gasteiger partial charge >= 0.3 is 6.18 Å². The summed E-state index contributed by atoms with van der Waals surface area (Å²) in [6, 6.07) is 7.14. The van der Waals surface area contributed by atoms with Crippen molar-refractivity contribution in [1.82, 2.24) is 10.6 Å². The molecule has 1 aromatic carbocycles. The Bertz CT molecular complexity index is 510. The third-order valence-corrected chi connectivity index (χ3v) is 2.95. The van der Waals surface area contributed by atoms with Gasteiger partial charge in [0.25, 0.3) is 0 Å². The number of nitrogens with one attached hydrogen (secondary N) is 2. The van der Waals surface area contributed by atoms with Crippen molar-refractivity contribution in [2.24, 2.45) is 4.99 Å². The Balaban J connectivity index is 0.00000576. The second-order valence-electron chi connectivity index (χ2n) is 5.12. The van der Waals surface area contributed by atoms with Gasteiger partial charge in [0.05, 0.1) is 20.1 Å². The number of benzene rings is 1. The van der Waals surface area contributed by atoms with Crippen molar-refractivity contribution in [2.45, 2.75) is 32.5 Å². The third kappa shape index (κ3) is 11.0. The number of alkyl halides is 3. The number of ether oxygens (including phenoxy) is 2. The molecule has 0 aliphatic heterocycles. The van der Waals surface area contributed by atoms with Crippen molar-refractivity contribution in [1.29, 1.82) is 0 Å². The molecule has 5 nitrogen and oxygen atoms in total. The van der Waals surface area contributed by atoms with Crippen LogP contribution in [0.4, 0.5) is 13.2 Å². The van der Waals surface area contributed by atoms with Crippen molar-refractivity contribution >= 4 is 29.9 Å². The highest BCUT2D eigenvalue weighted by Crippen LogP contribution is 2.19. The first kappa shape index (κ1) is 23.6. The molecule has 1 aromatic rings. The first-order valence-electron chi connectivity index (χ1n) is 7.73. The highest BCUT2D eigenvalue weighted by Gasteiger charge is 2.26. The molecule has 0 saturated carbocycles. The number of nitrogens with zero attached hydrogens (tertiary/aromatic N) is 1. The minimum atomic E-state index is -4.19. The Morgan fingerprint density at radius 1 is 1.16 bits per heavy atom. The molecule has 144 valence electrons.